The molecule has 1 saturated heterocycles. The van der Waals surface area contributed by atoms with Crippen LogP contribution in [0.2, 0.25) is 0 Å². The molecule has 1 heterocycles. The number of piperidine rings is 1. The second kappa shape index (κ2) is 11.4. The van der Waals surface area contributed by atoms with Crippen LogP contribution >= 0.6 is 0 Å². The number of hydrogen-bond acceptors (Lipinski definition) is 8. The maximum atomic E-state index is 13.6. The Labute approximate surface area is 228 Å². The summed E-state index contributed by atoms with van der Waals surface area (Å²) in [4.78, 5) is 45.9. The zero-order chi connectivity index (χ0) is 29.0. The number of benzene rings is 3. The Morgan fingerprint density at radius 2 is 1.32 bits per heavy atom. The van der Waals surface area contributed by atoms with Crippen molar-refractivity contribution < 1.29 is 27.9 Å². The standard InChI is InChI=1S/C27H22N4O8S/c1-18(32)28-23-8-10-26(11-9-23)40(38,39)29-16-21(12-19-4-2-6-24(14-19)30(34)35)27(33)22(17-29)13-20-5-3-7-25(15-20)31(36)37/h2-15H,16-17H2,1H3,(H,28,32)/b21-12+,22-13+. The van der Waals surface area contributed by atoms with Crippen LogP contribution in [0, 0.1) is 20.2 Å². The van der Waals surface area contributed by atoms with Gasteiger partial charge in [-0.25, -0.2) is 8.42 Å². The van der Waals surface area contributed by atoms with Gasteiger partial charge in [0.25, 0.3) is 11.4 Å². The number of nitro benzene ring substituents is 2. The molecule has 0 saturated carbocycles. The number of carbonyl (C=O) groups excluding carboxylic acids is 2. The topological polar surface area (TPSA) is 170 Å². The van der Waals surface area contributed by atoms with Crippen LogP contribution in [0.5, 0.6) is 0 Å². The number of non-ortho nitro benzene ring substituents is 2. The molecule has 0 aromatic heterocycles. The zero-order valence-electron chi connectivity index (χ0n) is 21.0. The van der Waals surface area contributed by atoms with Crippen molar-refractivity contribution in [3.05, 3.63) is 115 Å². The second-order valence-electron chi connectivity index (χ2n) is 8.85. The molecule has 0 bridgehead atoms. The van der Waals surface area contributed by atoms with Crippen molar-refractivity contribution in [1.29, 1.82) is 0 Å². The normalized spacial score (nSPS) is 16.2. The van der Waals surface area contributed by atoms with E-state index >= 15 is 0 Å². The van der Waals surface area contributed by atoms with Gasteiger partial charge in [0.15, 0.2) is 5.78 Å². The van der Waals surface area contributed by atoms with Gasteiger partial charge in [-0.15, -0.1) is 0 Å². The van der Waals surface area contributed by atoms with E-state index in [-0.39, 0.29) is 46.4 Å². The summed E-state index contributed by atoms with van der Waals surface area (Å²) in [6.45, 7) is 0.687. The molecule has 0 unspecified atom stereocenters. The number of amides is 1. The summed E-state index contributed by atoms with van der Waals surface area (Å²) in [5, 5.41) is 25.0. The maximum Gasteiger partial charge on any atom is 0.270 e. The highest BCUT2D eigenvalue weighted by Gasteiger charge is 2.34. The third-order valence-corrected chi connectivity index (χ3v) is 7.74. The van der Waals surface area contributed by atoms with E-state index in [2.05, 4.69) is 5.32 Å². The van der Waals surface area contributed by atoms with Gasteiger partial charge in [-0.05, 0) is 47.5 Å². The number of carbonyl (C=O) groups is 2. The molecule has 204 valence electrons. The van der Waals surface area contributed by atoms with Crippen LogP contribution in [0.4, 0.5) is 17.1 Å². The third-order valence-electron chi connectivity index (χ3n) is 5.93. The van der Waals surface area contributed by atoms with Gasteiger partial charge < -0.3 is 5.32 Å². The molecule has 0 radical (unpaired) electrons. The highest BCUT2D eigenvalue weighted by Crippen LogP contribution is 2.29. The number of anilines is 1. The molecule has 0 aliphatic carbocycles. The molecular weight excluding hydrogens is 540 g/mol. The number of hydrogen-bond donors (Lipinski definition) is 1. The van der Waals surface area contributed by atoms with Gasteiger partial charge in [-0.3, -0.25) is 29.8 Å². The quantitative estimate of drug-likeness (QED) is 0.254. The van der Waals surface area contributed by atoms with E-state index in [1.807, 2.05) is 0 Å². The molecule has 12 nitrogen and oxygen atoms in total. The Balaban J connectivity index is 1.78. The van der Waals surface area contributed by atoms with Crippen molar-refractivity contribution in [1.82, 2.24) is 4.31 Å². The predicted molar refractivity (Wildman–Crippen MR) is 147 cm³/mol. The number of nitro groups is 2. The van der Waals surface area contributed by atoms with E-state index in [0.717, 1.165) is 4.31 Å². The fraction of sp³-hybridized carbons (Fsp3) is 0.111. The van der Waals surface area contributed by atoms with E-state index < -0.39 is 25.7 Å². The number of Topliss-reactive ketones (excluding diaryl/α,β-unsaturated/α-hetero) is 1. The summed E-state index contributed by atoms with van der Waals surface area (Å²) in [6.07, 6.45) is 2.77. The molecule has 1 N–H and O–H groups in total. The van der Waals surface area contributed by atoms with Crippen molar-refractivity contribution in [2.45, 2.75) is 11.8 Å². The average Bonchev–Trinajstić information content (AvgIpc) is 2.91. The highest BCUT2D eigenvalue weighted by molar-refractivity contribution is 7.89. The Bertz CT molecular complexity index is 1620. The van der Waals surface area contributed by atoms with Gasteiger partial charge >= 0.3 is 0 Å². The summed E-state index contributed by atoms with van der Waals surface area (Å²) in [5.74, 6) is -0.817. The smallest absolute Gasteiger partial charge is 0.270 e. The lowest BCUT2D eigenvalue weighted by Crippen LogP contribution is -2.41. The minimum absolute atomic E-state index is 0.0573. The lowest BCUT2D eigenvalue weighted by molar-refractivity contribution is -0.385. The molecule has 4 rings (SSSR count). The molecule has 40 heavy (non-hydrogen) atoms. The monoisotopic (exact) mass is 562 g/mol. The fourth-order valence-corrected chi connectivity index (χ4v) is 5.50. The van der Waals surface area contributed by atoms with E-state index in [0.29, 0.717) is 16.8 Å². The summed E-state index contributed by atoms with van der Waals surface area (Å²) in [7, 11) is -4.15. The van der Waals surface area contributed by atoms with Crippen LogP contribution in [0.25, 0.3) is 12.2 Å². The SMILES string of the molecule is CC(=O)Nc1ccc(S(=O)(=O)N2C/C(=C\c3cccc([N+](=O)[O-])c3)C(=O)/C(=C/c3cccc([N+](=O)[O-])c3)C2)cc1. The predicted octanol–water partition coefficient (Wildman–Crippen LogP) is 4.20. The number of ketones is 1. The van der Waals surface area contributed by atoms with Crippen molar-refractivity contribution in [3.8, 4) is 0 Å². The van der Waals surface area contributed by atoms with Gasteiger partial charge in [0, 0.05) is 61.1 Å². The summed E-state index contributed by atoms with van der Waals surface area (Å²) in [6, 6.07) is 16.6. The van der Waals surface area contributed by atoms with Gasteiger partial charge in [0.05, 0.1) is 14.7 Å². The van der Waals surface area contributed by atoms with Crippen LogP contribution in [0.15, 0.2) is 88.8 Å². The van der Waals surface area contributed by atoms with E-state index in [9.17, 15) is 38.2 Å². The third kappa shape index (κ3) is 6.34. The molecule has 1 aliphatic heterocycles. The van der Waals surface area contributed by atoms with E-state index in [1.165, 1.54) is 79.7 Å². The van der Waals surface area contributed by atoms with Crippen LogP contribution in [-0.4, -0.2) is 47.3 Å². The van der Waals surface area contributed by atoms with Gasteiger partial charge in [0.1, 0.15) is 0 Å². The number of rotatable bonds is 7. The largest absolute Gasteiger partial charge is 0.326 e. The van der Waals surface area contributed by atoms with Gasteiger partial charge in [-0.1, -0.05) is 24.3 Å². The number of nitrogens with zero attached hydrogens (tertiary/aromatic N) is 3. The highest BCUT2D eigenvalue weighted by atomic mass is 32.2. The number of sulfonamides is 1. The molecule has 3 aromatic carbocycles. The number of nitrogens with one attached hydrogen (secondary N) is 1. The first-order valence-corrected chi connectivity index (χ1v) is 13.2. The lowest BCUT2D eigenvalue weighted by Gasteiger charge is -2.29. The van der Waals surface area contributed by atoms with Crippen molar-refractivity contribution in [2.24, 2.45) is 0 Å². The zero-order valence-corrected chi connectivity index (χ0v) is 21.8. The minimum Gasteiger partial charge on any atom is -0.326 e. The average molecular weight is 563 g/mol. The summed E-state index contributed by atoms with van der Waals surface area (Å²) >= 11 is 0. The Morgan fingerprint density at radius 3 is 1.75 bits per heavy atom. The van der Waals surface area contributed by atoms with E-state index in [4.69, 9.17) is 0 Å². The molecule has 0 atom stereocenters. The van der Waals surface area contributed by atoms with Crippen molar-refractivity contribution in [2.75, 3.05) is 18.4 Å². The maximum absolute atomic E-state index is 13.6. The molecule has 0 spiro atoms. The van der Waals surface area contributed by atoms with Crippen LogP contribution < -0.4 is 5.32 Å². The molecule has 1 aliphatic rings. The minimum atomic E-state index is -4.15. The lowest BCUT2D eigenvalue weighted by atomic mass is 9.95. The first-order chi connectivity index (χ1) is 18.9. The van der Waals surface area contributed by atoms with E-state index in [1.54, 1.807) is 12.1 Å². The summed E-state index contributed by atoms with van der Waals surface area (Å²) in [5.41, 5.74) is 0.765. The molecular formula is C27H22N4O8S. The first kappa shape index (κ1) is 28.0. The van der Waals surface area contributed by atoms with Gasteiger partial charge in [-0.2, -0.15) is 4.31 Å². The van der Waals surface area contributed by atoms with Crippen molar-refractivity contribution in [3.63, 3.8) is 0 Å². The molecule has 1 amide bonds. The molecule has 1 fully saturated rings. The summed E-state index contributed by atoms with van der Waals surface area (Å²) < 4.78 is 28.3. The Morgan fingerprint density at radius 1 is 0.850 bits per heavy atom. The van der Waals surface area contributed by atoms with Gasteiger partial charge in [0.2, 0.25) is 15.9 Å². The Kier molecular flexibility index (Phi) is 7.98. The fourth-order valence-electron chi connectivity index (χ4n) is 4.10. The Hall–Kier alpha value is -5.01. The van der Waals surface area contributed by atoms with Crippen molar-refractivity contribution >= 4 is 50.9 Å². The molecule has 13 heteroatoms. The second-order valence-corrected chi connectivity index (χ2v) is 10.8. The molecule has 3 aromatic rings. The van der Waals surface area contributed by atoms with Crippen LogP contribution in [0.1, 0.15) is 18.1 Å². The van der Waals surface area contributed by atoms with Crippen LogP contribution in [0.3, 0.4) is 0 Å². The van der Waals surface area contributed by atoms with Crippen LogP contribution in [-0.2, 0) is 19.6 Å². The first-order valence-electron chi connectivity index (χ1n) is 11.8.